The molecule has 2 aromatic carbocycles. The van der Waals surface area contributed by atoms with Gasteiger partial charge in [0.25, 0.3) is 0 Å². The first-order valence-electron chi connectivity index (χ1n) is 10.3. The minimum absolute atomic E-state index is 0.0427. The van der Waals surface area contributed by atoms with Crippen LogP contribution in [-0.2, 0) is 4.74 Å². The van der Waals surface area contributed by atoms with Crippen LogP contribution in [0.1, 0.15) is 24.0 Å². The van der Waals surface area contributed by atoms with Crippen molar-refractivity contribution in [1.29, 1.82) is 0 Å². The molecule has 0 aromatic heterocycles. The van der Waals surface area contributed by atoms with E-state index in [9.17, 15) is 0 Å². The van der Waals surface area contributed by atoms with Crippen molar-refractivity contribution >= 4 is 0 Å². The Morgan fingerprint density at radius 1 is 0.933 bits per heavy atom. The van der Waals surface area contributed by atoms with E-state index in [0.29, 0.717) is 13.2 Å². The lowest BCUT2D eigenvalue weighted by atomic mass is 9.77. The van der Waals surface area contributed by atoms with Gasteiger partial charge in [-0.1, -0.05) is 19.1 Å². The predicted octanol–water partition coefficient (Wildman–Crippen LogP) is 3.25. The maximum atomic E-state index is 6.55. The summed E-state index contributed by atoms with van der Waals surface area (Å²) >= 11 is 0. The van der Waals surface area contributed by atoms with E-state index >= 15 is 0 Å². The largest absolute Gasteiger partial charge is 0.493 e. The molecule has 3 atom stereocenters. The lowest BCUT2D eigenvalue weighted by molar-refractivity contribution is -0.0785. The Labute approximate surface area is 176 Å². The molecule has 3 heterocycles. The molecule has 7 nitrogen and oxygen atoms in total. The number of nitrogens with zero attached hydrogens (tertiary/aromatic N) is 1. The van der Waals surface area contributed by atoms with Gasteiger partial charge in [0.15, 0.2) is 29.2 Å². The third-order valence-electron chi connectivity index (χ3n) is 6.24. The molecule has 3 aliphatic rings. The standard InChI is InChI=1S/C23H27NO6/c1-14-21(15-5-4-6-17(25-2)22(15)26-3)16-11-19-20(29-13-28-19)12-18(16)30-23(14)24-7-9-27-10-8-24/h4-6,11-12,14,21,23H,7-10,13H2,1-3H3/t14-,21-,23-/m0/s1. The molecule has 160 valence electrons. The van der Waals surface area contributed by atoms with Crippen LogP contribution in [0.3, 0.4) is 0 Å². The zero-order valence-electron chi connectivity index (χ0n) is 17.6. The van der Waals surface area contributed by atoms with Gasteiger partial charge in [-0.2, -0.15) is 0 Å². The number of hydrogen-bond acceptors (Lipinski definition) is 7. The summed E-state index contributed by atoms with van der Waals surface area (Å²) in [4.78, 5) is 2.36. The summed E-state index contributed by atoms with van der Waals surface area (Å²) in [5.41, 5.74) is 2.15. The molecule has 0 aliphatic carbocycles. The van der Waals surface area contributed by atoms with Crippen molar-refractivity contribution in [2.75, 3.05) is 47.3 Å². The molecule has 5 rings (SSSR count). The molecule has 30 heavy (non-hydrogen) atoms. The van der Waals surface area contributed by atoms with Crippen molar-refractivity contribution in [3.05, 3.63) is 41.5 Å². The number of fused-ring (bicyclic) bond motifs is 2. The molecule has 0 saturated carbocycles. The topological polar surface area (TPSA) is 58.6 Å². The maximum absolute atomic E-state index is 6.55. The minimum Gasteiger partial charge on any atom is -0.493 e. The summed E-state index contributed by atoms with van der Waals surface area (Å²) in [5, 5.41) is 0. The van der Waals surface area contributed by atoms with Gasteiger partial charge in [-0.25, -0.2) is 0 Å². The minimum atomic E-state index is -0.0809. The molecule has 0 amide bonds. The quantitative estimate of drug-likeness (QED) is 0.763. The molecule has 0 unspecified atom stereocenters. The van der Waals surface area contributed by atoms with E-state index in [1.807, 2.05) is 24.3 Å². The highest BCUT2D eigenvalue weighted by atomic mass is 16.7. The second-order valence-electron chi connectivity index (χ2n) is 7.82. The zero-order valence-corrected chi connectivity index (χ0v) is 17.6. The zero-order chi connectivity index (χ0) is 20.7. The third kappa shape index (κ3) is 3.13. The summed E-state index contributed by atoms with van der Waals surface area (Å²) in [6, 6.07) is 10.0. The highest BCUT2D eigenvalue weighted by molar-refractivity contribution is 5.59. The molecule has 7 heteroatoms. The Hall–Kier alpha value is -2.64. The Balaban J connectivity index is 1.65. The molecule has 2 aromatic rings. The van der Waals surface area contributed by atoms with Crippen LogP contribution in [0.4, 0.5) is 0 Å². The molecule has 3 aliphatic heterocycles. The molecular formula is C23H27NO6. The van der Waals surface area contributed by atoms with Gasteiger partial charge in [0.2, 0.25) is 6.79 Å². The highest BCUT2D eigenvalue weighted by Crippen LogP contribution is 2.52. The van der Waals surface area contributed by atoms with Gasteiger partial charge in [0, 0.05) is 42.1 Å². The molecule has 0 N–H and O–H groups in total. The second kappa shape index (κ2) is 7.89. The number of para-hydroxylation sites is 1. The average Bonchev–Trinajstić information content (AvgIpc) is 3.24. The predicted molar refractivity (Wildman–Crippen MR) is 110 cm³/mol. The fourth-order valence-corrected chi connectivity index (χ4v) is 4.82. The van der Waals surface area contributed by atoms with E-state index in [-0.39, 0.29) is 24.9 Å². The van der Waals surface area contributed by atoms with Crippen LogP contribution in [0.25, 0.3) is 0 Å². The normalized spacial score (nSPS) is 25.4. The van der Waals surface area contributed by atoms with Crippen molar-refractivity contribution < 1.29 is 28.4 Å². The van der Waals surface area contributed by atoms with Crippen LogP contribution >= 0.6 is 0 Å². The van der Waals surface area contributed by atoms with E-state index in [1.165, 1.54) is 0 Å². The molecule has 0 bridgehead atoms. The molecular weight excluding hydrogens is 386 g/mol. The van der Waals surface area contributed by atoms with Crippen molar-refractivity contribution in [3.63, 3.8) is 0 Å². The third-order valence-corrected chi connectivity index (χ3v) is 6.24. The van der Waals surface area contributed by atoms with Crippen LogP contribution in [0.5, 0.6) is 28.7 Å². The van der Waals surface area contributed by atoms with Gasteiger partial charge in [-0.3, -0.25) is 4.90 Å². The van der Waals surface area contributed by atoms with Crippen molar-refractivity contribution in [1.82, 2.24) is 4.90 Å². The first kappa shape index (κ1) is 19.3. The number of benzene rings is 2. The number of hydrogen-bond donors (Lipinski definition) is 0. The van der Waals surface area contributed by atoms with Gasteiger partial charge in [-0.15, -0.1) is 0 Å². The average molecular weight is 413 g/mol. The first-order valence-corrected chi connectivity index (χ1v) is 10.3. The van der Waals surface area contributed by atoms with E-state index in [2.05, 4.69) is 17.9 Å². The summed E-state index contributed by atoms with van der Waals surface area (Å²) < 4.78 is 34.8. The smallest absolute Gasteiger partial charge is 0.231 e. The summed E-state index contributed by atoms with van der Waals surface area (Å²) in [6.45, 7) is 5.58. The number of ether oxygens (including phenoxy) is 6. The Morgan fingerprint density at radius 3 is 2.43 bits per heavy atom. The van der Waals surface area contributed by atoms with E-state index < -0.39 is 0 Å². The Bertz CT molecular complexity index is 926. The SMILES string of the molecule is COc1cccc([C@H]2c3cc4c(cc3O[C@H](N3CCOCC3)[C@H]2C)OCO4)c1OC. The highest BCUT2D eigenvalue weighted by Gasteiger charge is 2.42. The number of morpholine rings is 1. The Kier molecular flexibility index (Phi) is 5.08. The van der Waals surface area contributed by atoms with Crippen LogP contribution in [-0.4, -0.2) is 58.4 Å². The van der Waals surface area contributed by atoms with Crippen LogP contribution in [0.15, 0.2) is 30.3 Å². The van der Waals surface area contributed by atoms with Crippen molar-refractivity contribution in [2.45, 2.75) is 19.1 Å². The van der Waals surface area contributed by atoms with Crippen LogP contribution < -0.4 is 23.7 Å². The monoisotopic (exact) mass is 413 g/mol. The van der Waals surface area contributed by atoms with Crippen molar-refractivity contribution in [2.24, 2.45) is 5.92 Å². The summed E-state index contributed by atoms with van der Waals surface area (Å²) in [6.07, 6.45) is -0.0809. The van der Waals surface area contributed by atoms with Gasteiger partial charge < -0.3 is 28.4 Å². The van der Waals surface area contributed by atoms with E-state index in [0.717, 1.165) is 53.0 Å². The first-order chi connectivity index (χ1) is 14.7. The van der Waals surface area contributed by atoms with Crippen molar-refractivity contribution in [3.8, 4) is 28.7 Å². The molecule has 1 fully saturated rings. The summed E-state index contributed by atoms with van der Waals surface area (Å²) in [7, 11) is 3.35. The number of rotatable bonds is 4. The van der Waals surface area contributed by atoms with Gasteiger partial charge in [0.1, 0.15) is 5.75 Å². The van der Waals surface area contributed by atoms with E-state index in [1.54, 1.807) is 14.2 Å². The lowest BCUT2D eigenvalue weighted by Gasteiger charge is -2.44. The molecule has 0 spiro atoms. The Morgan fingerprint density at radius 2 is 1.70 bits per heavy atom. The van der Waals surface area contributed by atoms with Gasteiger partial charge in [0.05, 0.1) is 27.4 Å². The maximum Gasteiger partial charge on any atom is 0.231 e. The number of methoxy groups -OCH3 is 2. The fraction of sp³-hybridized carbons (Fsp3) is 0.478. The van der Waals surface area contributed by atoms with Crippen LogP contribution in [0.2, 0.25) is 0 Å². The summed E-state index contributed by atoms with van der Waals surface area (Å²) in [5.74, 6) is 3.98. The molecule has 0 radical (unpaired) electrons. The van der Waals surface area contributed by atoms with E-state index in [4.69, 9.17) is 28.4 Å². The van der Waals surface area contributed by atoms with Gasteiger partial charge >= 0.3 is 0 Å². The second-order valence-corrected chi connectivity index (χ2v) is 7.82. The van der Waals surface area contributed by atoms with Crippen LogP contribution in [0, 0.1) is 5.92 Å². The molecule has 1 saturated heterocycles. The fourth-order valence-electron chi connectivity index (χ4n) is 4.82. The lowest BCUT2D eigenvalue weighted by Crippen LogP contribution is -2.52. The van der Waals surface area contributed by atoms with Gasteiger partial charge in [-0.05, 0) is 12.1 Å².